The molecule has 0 fully saturated rings. The molecule has 0 radical (unpaired) electrons. The van der Waals surface area contributed by atoms with E-state index < -0.39 is 0 Å². The van der Waals surface area contributed by atoms with Crippen LogP contribution in [0.3, 0.4) is 0 Å². The molecule has 0 bridgehead atoms. The van der Waals surface area contributed by atoms with Gasteiger partial charge in [-0.2, -0.15) is 28.3 Å². The molecule has 0 saturated heterocycles. The Kier molecular flexibility index (Phi) is 12.7. The van der Waals surface area contributed by atoms with Crippen molar-refractivity contribution in [1.29, 1.82) is 0 Å². The van der Waals surface area contributed by atoms with E-state index in [1.54, 1.807) is 0 Å². The molecular weight excluding hydrogens is 775 g/mol. The van der Waals surface area contributed by atoms with Crippen LogP contribution in [0.25, 0.3) is 33.4 Å². The molecule has 6 aromatic carbocycles. The normalized spacial score (nSPS) is 14.6. The second-order valence-corrected chi connectivity index (χ2v) is 17.0. The monoisotopic (exact) mass is 820 g/mol. The first-order chi connectivity index (χ1) is 24.8. The Balaban J connectivity index is 0.000000166. The second kappa shape index (κ2) is 16.6. The van der Waals surface area contributed by atoms with Gasteiger partial charge in [-0.15, -0.1) is 11.6 Å². The van der Waals surface area contributed by atoms with E-state index in [4.69, 9.17) is 0 Å². The van der Waals surface area contributed by atoms with Gasteiger partial charge < -0.3 is 24.8 Å². The van der Waals surface area contributed by atoms with E-state index in [1.807, 2.05) is 0 Å². The molecule has 0 aromatic heterocycles. The molecule has 3 aliphatic carbocycles. The molecule has 3 heteroatoms. The molecule has 54 heavy (non-hydrogen) atoms. The summed E-state index contributed by atoms with van der Waals surface area (Å²) in [5, 5.41) is 0. The molecule has 0 spiro atoms. The molecule has 0 unspecified atom stereocenters. The molecule has 9 rings (SSSR count). The first kappa shape index (κ1) is 41.4. The Bertz CT molecular complexity index is 2230. The Morgan fingerprint density at radius 1 is 0.593 bits per heavy atom. The van der Waals surface area contributed by atoms with E-state index in [1.165, 1.54) is 116 Å². The van der Waals surface area contributed by atoms with Crippen molar-refractivity contribution in [2.75, 3.05) is 0 Å². The summed E-state index contributed by atoms with van der Waals surface area (Å²) < 4.78 is 1.42. The zero-order valence-corrected chi connectivity index (χ0v) is 36.6. The standard InChI is InChI=1S/C25H25.C13H13.C13H10.2ClH.Zr/c1-14-12-24(3,4)22-8-16-7-17-9-23-19(15(2)13-25(23,5)6)11-21(17)20(16)10-18(14)22;1-10-8-11(2)13(9-10)12-6-4-3-5-7-12;1-3-7-12(8-4-1)11-13-9-5-2-6-10-13;;;/h8-12H,7H2,1-6H3;3-9H,1-2H3;1-10H;2*1H;/q2*-1;;;;+2/p-2. The molecule has 0 N–H and O–H groups in total. The van der Waals surface area contributed by atoms with Crippen molar-refractivity contribution in [2.45, 2.75) is 72.6 Å². The van der Waals surface area contributed by atoms with Gasteiger partial charge in [0.15, 0.2) is 0 Å². The summed E-state index contributed by atoms with van der Waals surface area (Å²) in [5.41, 5.74) is 22.6. The van der Waals surface area contributed by atoms with Crippen molar-refractivity contribution in [2.24, 2.45) is 0 Å². The summed E-state index contributed by atoms with van der Waals surface area (Å²) >= 11 is 1.46. The molecule has 0 atom stereocenters. The fourth-order valence-electron chi connectivity index (χ4n) is 8.38. The van der Waals surface area contributed by atoms with Crippen molar-refractivity contribution in [3.63, 3.8) is 0 Å². The third kappa shape index (κ3) is 8.26. The predicted octanol–water partition coefficient (Wildman–Crippen LogP) is 6.95. The van der Waals surface area contributed by atoms with Gasteiger partial charge in [-0.25, -0.2) is 11.6 Å². The zero-order chi connectivity index (χ0) is 36.8. The van der Waals surface area contributed by atoms with Gasteiger partial charge in [0.2, 0.25) is 0 Å². The molecule has 6 aromatic rings. The Labute approximate surface area is 351 Å². The fourth-order valence-corrected chi connectivity index (χ4v) is 9.20. The average Bonchev–Trinajstić information content (AvgIpc) is 3.81. The molecule has 0 amide bonds. The Morgan fingerprint density at radius 3 is 1.61 bits per heavy atom. The first-order valence-electron chi connectivity index (χ1n) is 18.5. The summed E-state index contributed by atoms with van der Waals surface area (Å²) in [6, 6.07) is 45.9. The van der Waals surface area contributed by atoms with Crippen molar-refractivity contribution < 1.29 is 49.0 Å². The second-order valence-electron chi connectivity index (χ2n) is 15.8. The maximum atomic E-state index is 3.65. The molecule has 0 saturated carbocycles. The van der Waals surface area contributed by atoms with Gasteiger partial charge in [-0.3, -0.25) is 6.08 Å². The van der Waals surface area contributed by atoms with Gasteiger partial charge in [0.1, 0.15) is 0 Å². The van der Waals surface area contributed by atoms with E-state index >= 15 is 0 Å². The fraction of sp³-hybridized carbons (Fsp3) is 0.216. The third-order valence-corrected chi connectivity index (χ3v) is 12.3. The van der Waals surface area contributed by atoms with Crippen molar-refractivity contribution in [3.05, 3.63) is 195 Å². The molecule has 0 nitrogen and oxygen atoms in total. The quantitative estimate of drug-likeness (QED) is 0.170. The minimum atomic E-state index is 0. The van der Waals surface area contributed by atoms with Crippen LogP contribution >= 0.6 is 0 Å². The number of rotatable bonds is 3. The van der Waals surface area contributed by atoms with E-state index in [9.17, 15) is 0 Å². The van der Waals surface area contributed by atoms with E-state index in [-0.39, 0.29) is 35.6 Å². The number of hydrogen-bond donors (Lipinski definition) is 0. The Morgan fingerprint density at radius 2 is 1.09 bits per heavy atom. The number of aryl methyl sites for hydroxylation is 2. The number of benzene rings is 5. The summed E-state index contributed by atoms with van der Waals surface area (Å²) in [6.45, 7) is 18.0. The minimum absolute atomic E-state index is 0. The van der Waals surface area contributed by atoms with Gasteiger partial charge in [0.05, 0.1) is 0 Å². The van der Waals surface area contributed by atoms with Gasteiger partial charge in [0, 0.05) is 5.41 Å². The summed E-state index contributed by atoms with van der Waals surface area (Å²) in [6.07, 6.45) is 7.13. The van der Waals surface area contributed by atoms with Crippen LogP contribution in [0.4, 0.5) is 0 Å². The molecule has 3 aliphatic rings. The topological polar surface area (TPSA) is 0 Å². The van der Waals surface area contributed by atoms with Gasteiger partial charge in [0.25, 0.3) is 0 Å². The first-order valence-corrected chi connectivity index (χ1v) is 19.7. The van der Waals surface area contributed by atoms with E-state index in [0.29, 0.717) is 0 Å². The number of hydrogen-bond acceptors (Lipinski definition) is 0. The van der Waals surface area contributed by atoms with Crippen molar-refractivity contribution >= 4 is 14.4 Å². The van der Waals surface area contributed by atoms with Crippen molar-refractivity contribution in [3.8, 4) is 22.3 Å². The Hall–Kier alpha value is -3.74. The van der Waals surface area contributed by atoms with E-state index in [0.717, 1.165) is 6.42 Å². The van der Waals surface area contributed by atoms with Gasteiger partial charge in [-0.1, -0.05) is 108 Å². The van der Waals surface area contributed by atoms with E-state index in [2.05, 4.69) is 195 Å². The van der Waals surface area contributed by atoms with Crippen LogP contribution < -0.4 is 24.8 Å². The predicted molar refractivity (Wildman–Crippen MR) is 220 cm³/mol. The van der Waals surface area contributed by atoms with Crippen LogP contribution in [0.15, 0.2) is 133 Å². The molecule has 0 aliphatic heterocycles. The van der Waals surface area contributed by atoms with Crippen LogP contribution in [-0.2, 0) is 41.5 Å². The van der Waals surface area contributed by atoms with Crippen molar-refractivity contribution in [1.82, 2.24) is 0 Å². The van der Waals surface area contributed by atoms with Crippen LogP contribution in [0.1, 0.15) is 97.2 Å². The molecule has 272 valence electrons. The number of halogens is 2. The molecule has 0 heterocycles. The molecular formula is C51H48Cl2Zr-2. The summed E-state index contributed by atoms with van der Waals surface area (Å²) in [7, 11) is 0. The number of fused-ring (bicyclic) bond motifs is 5. The van der Waals surface area contributed by atoms with Crippen LogP contribution in [0.5, 0.6) is 0 Å². The SMILES string of the molecule is CC1=[C-]C(C)(C)c2cc3c(cc21)-c1cc2c(cc1C3)C(C)(C)C=C2C.Cc1cc(-c2ccccc2)c(C)[cH-]1.[Cl-].[Cl-].[Zr+2]=[C](c1ccccc1)c1ccccc1. The van der Waals surface area contributed by atoms with Gasteiger partial charge >= 0.3 is 99.2 Å². The third-order valence-electron chi connectivity index (χ3n) is 10.9. The number of allylic oxidation sites excluding steroid dienone is 4. The van der Waals surface area contributed by atoms with Gasteiger partial charge in [-0.05, 0) is 58.4 Å². The van der Waals surface area contributed by atoms with Crippen LogP contribution in [-0.4, -0.2) is 3.21 Å². The summed E-state index contributed by atoms with van der Waals surface area (Å²) in [5.74, 6) is 0. The van der Waals surface area contributed by atoms with Crippen LogP contribution in [0, 0.1) is 19.9 Å². The average molecular weight is 823 g/mol. The zero-order valence-electron chi connectivity index (χ0n) is 32.7. The van der Waals surface area contributed by atoms with Crippen LogP contribution in [0.2, 0.25) is 0 Å². The summed E-state index contributed by atoms with van der Waals surface area (Å²) in [4.78, 5) is 0. The maximum absolute atomic E-state index is 3.65.